The summed E-state index contributed by atoms with van der Waals surface area (Å²) in [5.74, 6) is -0.575. The Morgan fingerprint density at radius 2 is 2.27 bits per heavy atom. The van der Waals surface area contributed by atoms with Crippen LogP contribution in [0.1, 0.15) is 19.8 Å². The van der Waals surface area contributed by atoms with E-state index in [0.29, 0.717) is 17.3 Å². The Morgan fingerprint density at radius 3 is 2.97 bits per heavy atom. The third kappa shape index (κ3) is 6.74. The fourth-order valence-corrected chi connectivity index (χ4v) is 6.46. The number of nitrogens with zero attached hydrogens (tertiary/aromatic N) is 2. The fourth-order valence-electron chi connectivity index (χ4n) is 2.95. The largest absolute Gasteiger partial charge is 0.355 e. The van der Waals surface area contributed by atoms with E-state index in [4.69, 9.17) is 0 Å². The van der Waals surface area contributed by atoms with Crippen molar-refractivity contribution in [3.05, 3.63) is 18.2 Å². The van der Waals surface area contributed by atoms with Gasteiger partial charge in [0.05, 0.1) is 21.2 Å². The Bertz CT molecular complexity index is 933. The molecular weight excluding hydrogens is 442 g/mol. The van der Waals surface area contributed by atoms with E-state index in [1.807, 2.05) is 39.2 Å². The van der Waals surface area contributed by atoms with Crippen molar-refractivity contribution in [3.8, 4) is 0 Å². The van der Waals surface area contributed by atoms with Crippen LogP contribution < -0.4 is 15.4 Å². The molecule has 1 aromatic heterocycles. The number of hydrogen-bond acceptors (Lipinski definition) is 7. The first-order valence-electron chi connectivity index (χ1n) is 9.70. The van der Waals surface area contributed by atoms with Crippen molar-refractivity contribution in [2.75, 3.05) is 37.6 Å². The number of nitrogens with one attached hydrogen (secondary N) is 3. The lowest BCUT2D eigenvalue weighted by Crippen LogP contribution is -2.31. The lowest BCUT2D eigenvalue weighted by atomic mass is 10.1. The van der Waals surface area contributed by atoms with E-state index in [0.717, 1.165) is 27.5 Å². The number of benzene rings is 1. The first-order chi connectivity index (χ1) is 14.3. The van der Waals surface area contributed by atoms with Crippen molar-refractivity contribution >= 4 is 61.8 Å². The Labute approximate surface area is 187 Å². The van der Waals surface area contributed by atoms with Gasteiger partial charge in [0.1, 0.15) is 11.0 Å². The molecule has 30 heavy (non-hydrogen) atoms. The molecule has 1 aromatic carbocycles. The molecule has 11 heteroatoms. The molecule has 0 aliphatic carbocycles. The van der Waals surface area contributed by atoms with Crippen LogP contribution in [0.5, 0.6) is 0 Å². The fraction of sp³-hybridized carbons (Fsp3) is 0.526. The molecule has 0 saturated carbocycles. The van der Waals surface area contributed by atoms with Crippen LogP contribution in [0.3, 0.4) is 0 Å². The molecule has 1 fully saturated rings. The van der Waals surface area contributed by atoms with Gasteiger partial charge in [-0.15, -0.1) is 11.3 Å². The maximum Gasteiger partial charge on any atom is 0.229 e. The van der Waals surface area contributed by atoms with Gasteiger partial charge in [0.15, 0.2) is 4.34 Å². The summed E-state index contributed by atoms with van der Waals surface area (Å²) < 4.78 is 17.2. The maximum absolute atomic E-state index is 12.3. The van der Waals surface area contributed by atoms with Gasteiger partial charge in [0.25, 0.3) is 0 Å². The number of carbonyl (C=O) groups is 2. The first kappa shape index (κ1) is 23.1. The van der Waals surface area contributed by atoms with Gasteiger partial charge in [0, 0.05) is 24.7 Å². The second-order valence-electron chi connectivity index (χ2n) is 7.58. The van der Waals surface area contributed by atoms with Crippen molar-refractivity contribution in [2.45, 2.75) is 30.1 Å². The molecule has 1 saturated heterocycles. The minimum atomic E-state index is -1.13. The number of hydrogen-bond donors (Lipinski definition) is 3. The first-order valence-corrected chi connectivity index (χ1v) is 12.8. The highest BCUT2D eigenvalue weighted by atomic mass is 32.2. The number of carbonyl (C=O) groups excluding carboxylic acids is 2. The summed E-state index contributed by atoms with van der Waals surface area (Å²) in [5.41, 5.74) is 1.53. The predicted octanol–water partition coefficient (Wildman–Crippen LogP) is 2.01. The van der Waals surface area contributed by atoms with Crippen molar-refractivity contribution in [1.29, 1.82) is 0 Å². The van der Waals surface area contributed by atoms with Gasteiger partial charge in [-0.2, -0.15) is 0 Å². The summed E-state index contributed by atoms with van der Waals surface area (Å²) >= 11 is 2.97. The minimum absolute atomic E-state index is 0.0892. The molecule has 1 aliphatic rings. The minimum Gasteiger partial charge on any atom is -0.355 e. The summed E-state index contributed by atoms with van der Waals surface area (Å²) in [4.78, 5) is 30.3. The second-order valence-corrected chi connectivity index (χ2v) is 11.4. The van der Waals surface area contributed by atoms with Crippen LogP contribution in [0, 0.1) is 5.92 Å². The standard InChI is InChI=1S/C19H27N5O3S3/c1-12(6-7-24(2)3)23-30(27)11-28-19-22-15-5-4-14(9-16(15)29-19)21-18(26)13-8-17(25)20-10-13/h4-5,9,12-13,23H,6-8,10-11H2,1-3H3,(H,20,25)(H,21,26). The van der Waals surface area contributed by atoms with Gasteiger partial charge >= 0.3 is 0 Å². The number of anilines is 1. The van der Waals surface area contributed by atoms with Crippen LogP contribution >= 0.6 is 23.1 Å². The van der Waals surface area contributed by atoms with E-state index in [1.54, 1.807) is 0 Å². The number of fused-ring (bicyclic) bond motifs is 1. The molecule has 0 bridgehead atoms. The van der Waals surface area contributed by atoms with E-state index in [2.05, 4.69) is 25.2 Å². The molecule has 0 spiro atoms. The van der Waals surface area contributed by atoms with E-state index >= 15 is 0 Å². The van der Waals surface area contributed by atoms with Gasteiger partial charge in [-0.25, -0.2) is 13.9 Å². The van der Waals surface area contributed by atoms with Crippen molar-refractivity contribution in [1.82, 2.24) is 19.9 Å². The highest BCUT2D eigenvalue weighted by Gasteiger charge is 2.27. The summed E-state index contributed by atoms with van der Waals surface area (Å²) in [5, 5.41) is 5.98. The number of aromatic nitrogens is 1. The highest BCUT2D eigenvalue weighted by Crippen LogP contribution is 2.31. The van der Waals surface area contributed by atoms with Gasteiger partial charge in [-0.3, -0.25) is 9.59 Å². The number of thioether (sulfide) groups is 1. The van der Waals surface area contributed by atoms with Crippen molar-refractivity contribution in [3.63, 3.8) is 0 Å². The molecule has 3 unspecified atom stereocenters. The quantitative estimate of drug-likeness (QED) is 0.460. The van der Waals surface area contributed by atoms with E-state index in [9.17, 15) is 13.8 Å². The highest BCUT2D eigenvalue weighted by molar-refractivity contribution is 8.10. The Morgan fingerprint density at radius 1 is 1.47 bits per heavy atom. The average Bonchev–Trinajstić information content (AvgIpc) is 3.30. The van der Waals surface area contributed by atoms with Crippen LogP contribution in [-0.2, 0) is 20.6 Å². The van der Waals surface area contributed by atoms with E-state index in [1.165, 1.54) is 23.1 Å². The molecule has 2 aromatic rings. The number of thiazole rings is 1. The lowest BCUT2D eigenvalue weighted by molar-refractivity contribution is -0.123. The zero-order chi connectivity index (χ0) is 21.7. The van der Waals surface area contributed by atoms with Crippen LogP contribution in [0.2, 0.25) is 0 Å². The zero-order valence-electron chi connectivity index (χ0n) is 17.3. The van der Waals surface area contributed by atoms with Gasteiger partial charge < -0.3 is 15.5 Å². The topological polar surface area (TPSA) is 103 Å². The third-order valence-electron chi connectivity index (χ3n) is 4.62. The summed E-state index contributed by atoms with van der Waals surface area (Å²) in [6.07, 6.45) is 1.17. The third-order valence-corrected chi connectivity index (χ3v) is 8.36. The van der Waals surface area contributed by atoms with Gasteiger partial charge in [-0.05, 0) is 52.2 Å². The molecular formula is C19H27N5O3S3. The number of amides is 2. The Hall–Kier alpha value is -1.53. The molecule has 3 atom stereocenters. The average molecular weight is 470 g/mol. The second kappa shape index (κ2) is 10.7. The Balaban J connectivity index is 1.52. The van der Waals surface area contributed by atoms with E-state index < -0.39 is 11.0 Å². The molecule has 0 radical (unpaired) electrons. The maximum atomic E-state index is 12.3. The molecule has 2 amide bonds. The van der Waals surface area contributed by atoms with E-state index in [-0.39, 0.29) is 30.2 Å². The molecule has 164 valence electrons. The van der Waals surface area contributed by atoms with Gasteiger partial charge in [-0.1, -0.05) is 11.8 Å². The zero-order valence-corrected chi connectivity index (χ0v) is 19.7. The molecule has 1 aliphatic heterocycles. The normalized spacial score (nSPS) is 18.5. The van der Waals surface area contributed by atoms with Crippen molar-refractivity contribution < 1.29 is 13.8 Å². The number of rotatable bonds is 10. The van der Waals surface area contributed by atoms with Crippen LogP contribution in [0.15, 0.2) is 22.5 Å². The monoisotopic (exact) mass is 469 g/mol. The smallest absolute Gasteiger partial charge is 0.229 e. The summed E-state index contributed by atoms with van der Waals surface area (Å²) in [6.45, 7) is 3.37. The summed E-state index contributed by atoms with van der Waals surface area (Å²) in [7, 11) is 2.92. The molecule has 3 rings (SSSR count). The van der Waals surface area contributed by atoms with Crippen molar-refractivity contribution in [2.24, 2.45) is 5.92 Å². The summed E-state index contributed by atoms with van der Waals surface area (Å²) in [6, 6.07) is 5.74. The molecule has 2 heterocycles. The molecule has 8 nitrogen and oxygen atoms in total. The predicted molar refractivity (Wildman–Crippen MR) is 124 cm³/mol. The van der Waals surface area contributed by atoms with Crippen LogP contribution in [-0.4, -0.2) is 64.2 Å². The molecule has 3 N–H and O–H groups in total. The van der Waals surface area contributed by atoms with Gasteiger partial charge in [0.2, 0.25) is 11.8 Å². The van der Waals surface area contributed by atoms with Crippen LogP contribution in [0.4, 0.5) is 5.69 Å². The van der Waals surface area contributed by atoms with Crippen LogP contribution in [0.25, 0.3) is 10.2 Å². The SMILES string of the molecule is CC(CCN(C)C)NS(=O)CSc1nc2ccc(NC(=O)C3CNC(=O)C3)cc2s1. The Kier molecular flexibility index (Phi) is 8.23. The lowest BCUT2D eigenvalue weighted by Gasteiger charge is -2.15.